The van der Waals surface area contributed by atoms with Gasteiger partial charge in [-0.15, -0.1) is 0 Å². The van der Waals surface area contributed by atoms with Crippen LogP contribution in [0.1, 0.15) is 35.6 Å². The Kier molecular flexibility index (Phi) is 6.55. The summed E-state index contributed by atoms with van der Waals surface area (Å²) in [5, 5.41) is 1.09. The highest BCUT2D eigenvalue weighted by atomic mass is 35.5. The normalized spacial score (nSPS) is 13.0. The Morgan fingerprint density at radius 2 is 1.48 bits per heavy atom. The quantitative estimate of drug-likeness (QED) is 0.723. The fourth-order valence-corrected chi connectivity index (χ4v) is 5.50. The first-order valence-corrected chi connectivity index (χ1v) is 10.4. The molecule has 0 aliphatic heterocycles. The number of aryl methyl sites for hydroxylation is 3. The summed E-state index contributed by atoms with van der Waals surface area (Å²) >= 11 is 12.1. The lowest BCUT2D eigenvalue weighted by Crippen LogP contribution is -2.36. The Morgan fingerprint density at radius 3 is 1.96 bits per heavy atom. The number of rotatable bonds is 6. The standard InChI is InChI=1S/C19H23Cl2NO2S/c1-5-18(10-15-8-16(20)11-17(21)9-15)22-25(23,24)19-13(3)6-12(2)7-14(19)4/h6-9,11,18,22H,5,10H2,1-4H3. The van der Waals surface area contributed by atoms with Crippen molar-refractivity contribution in [2.75, 3.05) is 0 Å². The van der Waals surface area contributed by atoms with E-state index in [4.69, 9.17) is 23.2 Å². The molecule has 136 valence electrons. The number of benzene rings is 2. The number of halogens is 2. The van der Waals surface area contributed by atoms with Gasteiger partial charge in [0.2, 0.25) is 10.0 Å². The van der Waals surface area contributed by atoms with Gasteiger partial charge in [-0.3, -0.25) is 0 Å². The van der Waals surface area contributed by atoms with Gasteiger partial charge < -0.3 is 0 Å². The van der Waals surface area contributed by atoms with Crippen LogP contribution in [-0.4, -0.2) is 14.5 Å². The van der Waals surface area contributed by atoms with Crippen LogP contribution < -0.4 is 4.72 Å². The Balaban J connectivity index is 2.28. The molecular formula is C19H23Cl2NO2S. The van der Waals surface area contributed by atoms with Gasteiger partial charge in [-0.1, -0.05) is 47.8 Å². The molecule has 0 spiro atoms. The van der Waals surface area contributed by atoms with Crippen molar-refractivity contribution in [1.82, 2.24) is 4.72 Å². The van der Waals surface area contributed by atoms with Crippen molar-refractivity contribution < 1.29 is 8.42 Å². The highest BCUT2D eigenvalue weighted by Gasteiger charge is 2.23. The molecule has 3 nitrogen and oxygen atoms in total. The Hall–Kier alpha value is -1.07. The molecule has 0 heterocycles. The van der Waals surface area contributed by atoms with Crippen molar-refractivity contribution in [1.29, 1.82) is 0 Å². The third kappa shape index (κ3) is 5.20. The zero-order chi connectivity index (χ0) is 18.8. The lowest BCUT2D eigenvalue weighted by molar-refractivity contribution is 0.536. The average Bonchev–Trinajstić information content (AvgIpc) is 2.43. The minimum atomic E-state index is -3.61. The SMILES string of the molecule is CCC(Cc1cc(Cl)cc(Cl)c1)NS(=O)(=O)c1c(C)cc(C)cc1C. The van der Waals surface area contributed by atoms with Crippen molar-refractivity contribution in [2.45, 2.75) is 51.5 Å². The van der Waals surface area contributed by atoms with E-state index in [0.29, 0.717) is 27.8 Å². The summed E-state index contributed by atoms with van der Waals surface area (Å²) in [6.07, 6.45) is 1.19. The Bertz CT molecular complexity index is 836. The van der Waals surface area contributed by atoms with E-state index in [1.54, 1.807) is 6.07 Å². The second kappa shape index (κ2) is 8.09. The van der Waals surface area contributed by atoms with E-state index in [2.05, 4.69) is 4.72 Å². The summed E-state index contributed by atoms with van der Waals surface area (Å²) < 4.78 is 28.7. The van der Waals surface area contributed by atoms with E-state index < -0.39 is 10.0 Å². The molecule has 0 fully saturated rings. The summed E-state index contributed by atoms with van der Waals surface area (Å²) in [5.41, 5.74) is 3.47. The van der Waals surface area contributed by atoms with E-state index in [-0.39, 0.29) is 6.04 Å². The molecule has 0 aliphatic rings. The van der Waals surface area contributed by atoms with Crippen LogP contribution in [0.5, 0.6) is 0 Å². The predicted octanol–water partition coefficient (Wildman–Crippen LogP) is 5.22. The number of hydrogen-bond donors (Lipinski definition) is 1. The van der Waals surface area contributed by atoms with E-state index in [1.165, 1.54) is 0 Å². The molecule has 0 radical (unpaired) electrons. The molecule has 0 saturated carbocycles. The maximum atomic E-state index is 12.9. The monoisotopic (exact) mass is 399 g/mol. The summed E-state index contributed by atoms with van der Waals surface area (Å²) in [5.74, 6) is 0. The van der Waals surface area contributed by atoms with Gasteiger partial charge in [-0.2, -0.15) is 0 Å². The summed E-state index contributed by atoms with van der Waals surface area (Å²) in [4.78, 5) is 0.362. The van der Waals surface area contributed by atoms with E-state index in [1.807, 2.05) is 52.0 Å². The van der Waals surface area contributed by atoms with Crippen LogP contribution in [0.2, 0.25) is 10.0 Å². The lowest BCUT2D eigenvalue weighted by atomic mass is 10.1. The molecule has 1 N–H and O–H groups in total. The van der Waals surface area contributed by atoms with Crippen LogP contribution in [-0.2, 0) is 16.4 Å². The zero-order valence-corrected chi connectivity index (χ0v) is 17.2. The fourth-order valence-electron chi connectivity index (χ4n) is 3.15. The van der Waals surface area contributed by atoms with E-state index in [9.17, 15) is 8.42 Å². The Labute approximate surface area is 160 Å². The van der Waals surface area contributed by atoms with Gasteiger partial charge in [-0.05, 0) is 68.5 Å². The molecule has 1 atom stereocenters. The van der Waals surface area contributed by atoms with Crippen LogP contribution in [0.15, 0.2) is 35.2 Å². The Morgan fingerprint density at radius 1 is 0.960 bits per heavy atom. The lowest BCUT2D eigenvalue weighted by Gasteiger charge is -2.20. The second-order valence-corrected chi connectivity index (χ2v) is 8.96. The first-order chi connectivity index (χ1) is 11.6. The van der Waals surface area contributed by atoms with Crippen LogP contribution >= 0.6 is 23.2 Å². The zero-order valence-electron chi connectivity index (χ0n) is 14.9. The first kappa shape index (κ1) is 20.2. The van der Waals surface area contributed by atoms with Crippen LogP contribution in [0.4, 0.5) is 0 Å². The van der Waals surface area contributed by atoms with Crippen molar-refractivity contribution in [3.05, 3.63) is 62.6 Å². The maximum absolute atomic E-state index is 12.9. The average molecular weight is 400 g/mol. The van der Waals surface area contributed by atoms with Crippen LogP contribution in [0.25, 0.3) is 0 Å². The maximum Gasteiger partial charge on any atom is 0.241 e. The summed E-state index contributed by atoms with van der Waals surface area (Å²) in [7, 11) is -3.61. The minimum Gasteiger partial charge on any atom is -0.208 e. The van der Waals surface area contributed by atoms with Gasteiger partial charge in [0.15, 0.2) is 0 Å². The number of sulfonamides is 1. The molecule has 2 aromatic rings. The van der Waals surface area contributed by atoms with Gasteiger partial charge in [0.1, 0.15) is 0 Å². The summed E-state index contributed by atoms with van der Waals surface area (Å²) in [6, 6.07) is 8.83. The van der Waals surface area contributed by atoms with E-state index in [0.717, 1.165) is 22.3 Å². The summed E-state index contributed by atoms with van der Waals surface area (Å²) in [6.45, 7) is 7.56. The third-order valence-corrected chi connectivity index (χ3v) is 6.35. The minimum absolute atomic E-state index is 0.236. The van der Waals surface area contributed by atoms with Gasteiger partial charge in [0.05, 0.1) is 4.90 Å². The first-order valence-electron chi connectivity index (χ1n) is 8.17. The van der Waals surface area contributed by atoms with E-state index >= 15 is 0 Å². The molecule has 25 heavy (non-hydrogen) atoms. The molecule has 0 bridgehead atoms. The molecule has 2 rings (SSSR count). The topological polar surface area (TPSA) is 46.2 Å². The van der Waals surface area contributed by atoms with Gasteiger partial charge in [0, 0.05) is 16.1 Å². The molecule has 0 aromatic heterocycles. The third-order valence-electron chi connectivity index (χ3n) is 4.09. The molecule has 0 amide bonds. The van der Waals surface area contributed by atoms with Gasteiger partial charge >= 0.3 is 0 Å². The molecule has 2 aromatic carbocycles. The van der Waals surface area contributed by atoms with Crippen LogP contribution in [0.3, 0.4) is 0 Å². The van der Waals surface area contributed by atoms with Gasteiger partial charge in [-0.25, -0.2) is 13.1 Å². The number of hydrogen-bond acceptors (Lipinski definition) is 2. The smallest absolute Gasteiger partial charge is 0.208 e. The van der Waals surface area contributed by atoms with Crippen molar-refractivity contribution in [3.8, 4) is 0 Å². The van der Waals surface area contributed by atoms with Crippen molar-refractivity contribution >= 4 is 33.2 Å². The molecule has 1 unspecified atom stereocenters. The molecule has 6 heteroatoms. The van der Waals surface area contributed by atoms with Crippen molar-refractivity contribution in [3.63, 3.8) is 0 Å². The fraction of sp³-hybridized carbons (Fsp3) is 0.368. The highest BCUT2D eigenvalue weighted by molar-refractivity contribution is 7.89. The van der Waals surface area contributed by atoms with Crippen molar-refractivity contribution in [2.24, 2.45) is 0 Å². The highest BCUT2D eigenvalue weighted by Crippen LogP contribution is 2.24. The molecular weight excluding hydrogens is 377 g/mol. The van der Waals surface area contributed by atoms with Gasteiger partial charge in [0.25, 0.3) is 0 Å². The molecule has 0 aliphatic carbocycles. The predicted molar refractivity (Wildman–Crippen MR) is 105 cm³/mol. The van der Waals surface area contributed by atoms with Crippen LogP contribution in [0, 0.1) is 20.8 Å². The second-order valence-electron chi connectivity index (χ2n) is 6.44. The largest absolute Gasteiger partial charge is 0.241 e. The molecule has 0 saturated heterocycles. The number of nitrogens with one attached hydrogen (secondary N) is 1.